The second-order valence-corrected chi connectivity index (χ2v) is 6.37. The van der Waals surface area contributed by atoms with E-state index in [0.29, 0.717) is 18.0 Å². The van der Waals surface area contributed by atoms with Crippen LogP contribution in [-0.2, 0) is 4.74 Å². The molecule has 0 spiro atoms. The Kier molecular flexibility index (Phi) is 4.36. The molecule has 1 atom stereocenters. The van der Waals surface area contributed by atoms with Crippen molar-refractivity contribution in [3.8, 4) is 0 Å². The fraction of sp³-hybridized carbons (Fsp3) is 0.867. The zero-order valence-electron chi connectivity index (χ0n) is 12.7. The van der Waals surface area contributed by atoms with Crippen molar-refractivity contribution in [2.24, 2.45) is 0 Å². The minimum absolute atomic E-state index is 0.443. The van der Waals surface area contributed by atoms with Crippen LogP contribution in [0.4, 0.5) is 0 Å². The first kappa shape index (κ1) is 14.0. The van der Waals surface area contributed by atoms with Crippen LogP contribution in [0.3, 0.4) is 0 Å². The summed E-state index contributed by atoms with van der Waals surface area (Å²) in [4.78, 5) is 2.66. The molecule has 2 fully saturated rings. The predicted molar refractivity (Wildman–Crippen MR) is 77.8 cm³/mol. The molecular formula is C15H26N4O. The summed E-state index contributed by atoms with van der Waals surface area (Å²) in [5, 5.41) is 8.53. The standard InChI is InChI=1S/C15H26N4O/c1-12(2)19-11-16-17-15(19)13-4-3-7-18(10-13)14-5-8-20-9-6-14/h11-14H,3-10H2,1-2H3. The molecule has 2 saturated heterocycles. The minimum Gasteiger partial charge on any atom is -0.381 e. The third-order valence-electron chi connectivity index (χ3n) is 4.68. The van der Waals surface area contributed by atoms with Gasteiger partial charge in [0, 0.05) is 37.8 Å². The van der Waals surface area contributed by atoms with Crippen LogP contribution in [0.1, 0.15) is 57.3 Å². The van der Waals surface area contributed by atoms with E-state index in [-0.39, 0.29) is 0 Å². The molecule has 2 aliphatic rings. The van der Waals surface area contributed by atoms with Gasteiger partial charge in [-0.2, -0.15) is 0 Å². The fourth-order valence-corrected chi connectivity index (χ4v) is 3.54. The molecule has 0 aliphatic carbocycles. The zero-order chi connectivity index (χ0) is 13.9. The van der Waals surface area contributed by atoms with Gasteiger partial charge >= 0.3 is 0 Å². The van der Waals surface area contributed by atoms with Crippen molar-refractivity contribution in [1.29, 1.82) is 0 Å². The highest BCUT2D eigenvalue weighted by atomic mass is 16.5. The maximum absolute atomic E-state index is 5.49. The highest BCUT2D eigenvalue weighted by Crippen LogP contribution is 2.29. The van der Waals surface area contributed by atoms with Crippen molar-refractivity contribution in [1.82, 2.24) is 19.7 Å². The topological polar surface area (TPSA) is 43.2 Å². The van der Waals surface area contributed by atoms with Gasteiger partial charge in [-0.25, -0.2) is 0 Å². The van der Waals surface area contributed by atoms with Crippen molar-refractivity contribution in [2.45, 2.75) is 57.5 Å². The molecule has 1 aromatic rings. The Balaban J connectivity index is 1.69. The average molecular weight is 278 g/mol. The molecule has 0 radical (unpaired) electrons. The molecule has 3 rings (SSSR count). The molecule has 112 valence electrons. The lowest BCUT2D eigenvalue weighted by Gasteiger charge is -2.39. The number of likely N-dealkylation sites (tertiary alicyclic amines) is 1. The molecule has 5 heteroatoms. The van der Waals surface area contributed by atoms with Crippen molar-refractivity contribution < 1.29 is 4.74 Å². The first-order chi connectivity index (χ1) is 9.75. The second-order valence-electron chi connectivity index (χ2n) is 6.37. The number of hydrogen-bond acceptors (Lipinski definition) is 4. The number of rotatable bonds is 3. The summed E-state index contributed by atoms with van der Waals surface area (Å²) >= 11 is 0. The van der Waals surface area contributed by atoms with E-state index >= 15 is 0 Å². The van der Waals surface area contributed by atoms with Gasteiger partial charge in [-0.05, 0) is 46.1 Å². The Morgan fingerprint density at radius 1 is 1.25 bits per heavy atom. The van der Waals surface area contributed by atoms with E-state index in [1.54, 1.807) is 0 Å². The maximum atomic E-state index is 5.49. The quantitative estimate of drug-likeness (QED) is 0.850. The Bertz CT molecular complexity index is 425. The minimum atomic E-state index is 0.443. The molecule has 2 aliphatic heterocycles. The lowest BCUT2D eigenvalue weighted by atomic mass is 9.94. The number of hydrogen-bond donors (Lipinski definition) is 0. The van der Waals surface area contributed by atoms with E-state index in [1.807, 2.05) is 6.33 Å². The van der Waals surface area contributed by atoms with Crippen LogP contribution in [0.5, 0.6) is 0 Å². The molecule has 0 bridgehead atoms. The van der Waals surface area contributed by atoms with Crippen LogP contribution in [0, 0.1) is 0 Å². The first-order valence-electron chi connectivity index (χ1n) is 7.97. The molecule has 5 nitrogen and oxygen atoms in total. The predicted octanol–water partition coefficient (Wildman–Crippen LogP) is 2.22. The van der Waals surface area contributed by atoms with Crippen molar-refractivity contribution >= 4 is 0 Å². The van der Waals surface area contributed by atoms with Crippen LogP contribution in [0.25, 0.3) is 0 Å². The van der Waals surface area contributed by atoms with Crippen LogP contribution in [0.2, 0.25) is 0 Å². The first-order valence-corrected chi connectivity index (χ1v) is 7.97. The van der Waals surface area contributed by atoms with Gasteiger partial charge in [0.15, 0.2) is 0 Å². The number of ether oxygens (including phenoxy) is 1. The van der Waals surface area contributed by atoms with Crippen LogP contribution < -0.4 is 0 Å². The van der Waals surface area contributed by atoms with Crippen LogP contribution in [-0.4, -0.2) is 52.0 Å². The summed E-state index contributed by atoms with van der Waals surface area (Å²) < 4.78 is 7.72. The maximum Gasteiger partial charge on any atom is 0.137 e. The van der Waals surface area contributed by atoms with Gasteiger partial charge in [-0.3, -0.25) is 4.90 Å². The zero-order valence-corrected chi connectivity index (χ0v) is 12.7. The van der Waals surface area contributed by atoms with Crippen molar-refractivity contribution in [3.05, 3.63) is 12.2 Å². The van der Waals surface area contributed by atoms with Gasteiger partial charge in [0.1, 0.15) is 12.2 Å². The van der Waals surface area contributed by atoms with Crippen LogP contribution >= 0.6 is 0 Å². The van der Waals surface area contributed by atoms with E-state index < -0.39 is 0 Å². The van der Waals surface area contributed by atoms with E-state index in [9.17, 15) is 0 Å². The average Bonchev–Trinajstić information content (AvgIpc) is 2.98. The van der Waals surface area contributed by atoms with Gasteiger partial charge in [-0.15, -0.1) is 10.2 Å². The Morgan fingerprint density at radius 3 is 2.80 bits per heavy atom. The molecule has 0 aromatic carbocycles. The number of aromatic nitrogens is 3. The van der Waals surface area contributed by atoms with Crippen LogP contribution in [0.15, 0.2) is 6.33 Å². The Hall–Kier alpha value is -0.940. The Labute approximate surface area is 121 Å². The molecule has 20 heavy (non-hydrogen) atoms. The highest BCUT2D eigenvalue weighted by molar-refractivity contribution is 5.01. The summed E-state index contributed by atoms with van der Waals surface area (Å²) in [6, 6.07) is 1.15. The molecule has 1 unspecified atom stereocenters. The SMILES string of the molecule is CC(C)n1cnnc1C1CCCN(C2CCOCC2)C1. The third-order valence-corrected chi connectivity index (χ3v) is 4.68. The largest absolute Gasteiger partial charge is 0.381 e. The summed E-state index contributed by atoms with van der Waals surface area (Å²) in [7, 11) is 0. The summed E-state index contributed by atoms with van der Waals surface area (Å²) in [5.41, 5.74) is 0. The van der Waals surface area contributed by atoms with E-state index in [2.05, 4.69) is 33.5 Å². The fourth-order valence-electron chi connectivity index (χ4n) is 3.54. The summed E-state index contributed by atoms with van der Waals surface area (Å²) in [5.74, 6) is 1.72. The molecule has 0 saturated carbocycles. The van der Waals surface area contributed by atoms with Gasteiger partial charge in [-0.1, -0.05) is 0 Å². The van der Waals surface area contributed by atoms with Crippen molar-refractivity contribution in [2.75, 3.05) is 26.3 Å². The van der Waals surface area contributed by atoms with E-state index in [4.69, 9.17) is 4.74 Å². The third kappa shape index (κ3) is 2.88. The lowest BCUT2D eigenvalue weighted by Crippen LogP contribution is -2.45. The van der Waals surface area contributed by atoms with Gasteiger partial charge in [0.2, 0.25) is 0 Å². The molecular weight excluding hydrogens is 252 g/mol. The monoisotopic (exact) mass is 278 g/mol. The lowest BCUT2D eigenvalue weighted by molar-refractivity contribution is 0.0232. The molecule has 1 aromatic heterocycles. The Morgan fingerprint density at radius 2 is 2.05 bits per heavy atom. The normalized spacial score (nSPS) is 26.2. The molecule has 0 N–H and O–H groups in total. The van der Waals surface area contributed by atoms with Gasteiger partial charge in [0.25, 0.3) is 0 Å². The number of piperidine rings is 1. The smallest absolute Gasteiger partial charge is 0.137 e. The van der Waals surface area contributed by atoms with E-state index in [0.717, 1.165) is 19.8 Å². The van der Waals surface area contributed by atoms with Crippen molar-refractivity contribution in [3.63, 3.8) is 0 Å². The number of nitrogens with zero attached hydrogens (tertiary/aromatic N) is 4. The second kappa shape index (κ2) is 6.22. The van der Waals surface area contributed by atoms with Gasteiger partial charge < -0.3 is 9.30 Å². The summed E-state index contributed by atoms with van der Waals surface area (Å²) in [6.07, 6.45) is 6.76. The highest BCUT2D eigenvalue weighted by Gasteiger charge is 2.30. The molecule has 0 amide bonds. The van der Waals surface area contributed by atoms with E-state index in [1.165, 1.54) is 38.1 Å². The molecule has 3 heterocycles. The van der Waals surface area contributed by atoms with Gasteiger partial charge in [0.05, 0.1) is 0 Å². The summed E-state index contributed by atoms with van der Waals surface area (Å²) in [6.45, 7) is 8.62.